The van der Waals surface area contributed by atoms with Gasteiger partial charge in [-0.1, -0.05) is 62.7 Å². The summed E-state index contributed by atoms with van der Waals surface area (Å²) in [6.45, 7) is 11.2. The third-order valence-corrected chi connectivity index (χ3v) is 4.49. The first-order valence-electron chi connectivity index (χ1n) is 9.35. The van der Waals surface area contributed by atoms with Crippen LogP contribution in [0, 0.1) is 6.92 Å². The lowest BCUT2D eigenvalue weighted by Gasteiger charge is -2.20. The van der Waals surface area contributed by atoms with Crippen LogP contribution >= 0.6 is 0 Å². The molecule has 0 aliphatic rings. The summed E-state index contributed by atoms with van der Waals surface area (Å²) in [6.07, 6.45) is 1.17. The van der Waals surface area contributed by atoms with Gasteiger partial charge in [-0.05, 0) is 48.9 Å². The van der Waals surface area contributed by atoms with E-state index in [1.165, 1.54) is 11.1 Å². The van der Waals surface area contributed by atoms with Gasteiger partial charge in [0.25, 0.3) is 0 Å². The number of hydrogen-bond acceptors (Lipinski definition) is 2. The largest absolute Gasteiger partial charge is 0.494 e. The molecule has 2 aromatic rings. The number of aryl methyl sites for hydroxylation is 1. The molecule has 2 aromatic carbocycles. The van der Waals surface area contributed by atoms with Gasteiger partial charge in [-0.25, -0.2) is 0 Å². The van der Waals surface area contributed by atoms with Crippen LogP contribution in [0.2, 0.25) is 0 Å². The fraction of sp³-hybridized carbons (Fsp3) is 0.435. The molecule has 26 heavy (non-hydrogen) atoms. The zero-order valence-corrected chi connectivity index (χ0v) is 16.6. The predicted molar refractivity (Wildman–Crippen MR) is 108 cm³/mol. The van der Waals surface area contributed by atoms with E-state index >= 15 is 0 Å². The Balaban J connectivity index is 1.73. The molecule has 0 radical (unpaired) electrons. The highest BCUT2D eigenvalue weighted by Gasteiger charge is 2.14. The molecule has 0 bridgehead atoms. The summed E-state index contributed by atoms with van der Waals surface area (Å²) in [5.41, 5.74) is 3.78. The van der Waals surface area contributed by atoms with Crippen molar-refractivity contribution in [2.24, 2.45) is 0 Å². The van der Waals surface area contributed by atoms with Crippen molar-refractivity contribution in [1.82, 2.24) is 5.32 Å². The highest BCUT2D eigenvalue weighted by molar-refractivity contribution is 5.76. The first-order valence-corrected chi connectivity index (χ1v) is 9.35. The van der Waals surface area contributed by atoms with Gasteiger partial charge < -0.3 is 10.1 Å². The summed E-state index contributed by atoms with van der Waals surface area (Å²) in [7, 11) is 0. The Morgan fingerprint density at radius 2 is 1.65 bits per heavy atom. The normalized spacial score (nSPS) is 12.5. The summed E-state index contributed by atoms with van der Waals surface area (Å²) in [5, 5.41) is 3.07. The molecule has 0 saturated carbocycles. The van der Waals surface area contributed by atoms with E-state index in [2.05, 4.69) is 50.4 Å². The number of hydrogen-bond donors (Lipinski definition) is 1. The molecule has 0 fully saturated rings. The van der Waals surface area contributed by atoms with Crippen molar-refractivity contribution in [3.8, 4) is 5.75 Å². The molecule has 1 N–H and O–H groups in total. The van der Waals surface area contributed by atoms with Crippen molar-refractivity contribution in [2.45, 2.75) is 58.9 Å². The van der Waals surface area contributed by atoms with Crippen LogP contribution in [0.3, 0.4) is 0 Å². The molecule has 0 spiro atoms. The Morgan fingerprint density at radius 3 is 2.23 bits per heavy atom. The smallest absolute Gasteiger partial charge is 0.220 e. The van der Waals surface area contributed by atoms with Gasteiger partial charge in [-0.2, -0.15) is 0 Å². The quantitative estimate of drug-likeness (QED) is 0.683. The van der Waals surface area contributed by atoms with Crippen molar-refractivity contribution in [2.75, 3.05) is 6.61 Å². The van der Waals surface area contributed by atoms with E-state index in [-0.39, 0.29) is 17.4 Å². The number of carbonyl (C=O) groups is 1. The van der Waals surface area contributed by atoms with E-state index in [4.69, 9.17) is 4.74 Å². The molecule has 0 saturated heterocycles. The van der Waals surface area contributed by atoms with Crippen LogP contribution in [0.1, 0.15) is 63.3 Å². The molecule has 1 unspecified atom stereocenters. The van der Waals surface area contributed by atoms with Gasteiger partial charge >= 0.3 is 0 Å². The monoisotopic (exact) mass is 353 g/mol. The average Bonchev–Trinajstić information content (AvgIpc) is 2.59. The van der Waals surface area contributed by atoms with Crippen LogP contribution in [-0.2, 0) is 10.2 Å². The van der Waals surface area contributed by atoms with Crippen molar-refractivity contribution in [1.29, 1.82) is 0 Å². The van der Waals surface area contributed by atoms with Crippen molar-refractivity contribution >= 4 is 5.91 Å². The molecule has 1 amide bonds. The summed E-state index contributed by atoms with van der Waals surface area (Å²) in [4.78, 5) is 12.1. The van der Waals surface area contributed by atoms with Gasteiger partial charge in [0, 0.05) is 6.42 Å². The SMILES string of the molecule is Cc1ccc(OCCCC(=O)NC(C)c2ccc(C(C)(C)C)cc2)cc1. The second-order valence-corrected chi connectivity index (χ2v) is 7.93. The molecular weight excluding hydrogens is 322 g/mol. The van der Waals surface area contributed by atoms with E-state index in [1.807, 2.05) is 38.1 Å². The molecule has 0 aliphatic carbocycles. The summed E-state index contributed by atoms with van der Waals surface area (Å²) in [6, 6.07) is 16.5. The van der Waals surface area contributed by atoms with Gasteiger partial charge in [0.15, 0.2) is 0 Å². The Bertz CT molecular complexity index is 696. The number of ether oxygens (including phenoxy) is 1. The second kappa shape index (κ2) is 8.88. The summed E-state index contributed by atoms with van der Waals surface area (Å²) in [5.74, 6) is 0.910. The number of amides is 1. The molecule has 3 heteroatoms. The minimum Gasteiger partial charge on any atom is -0.494 e. The molecule has 140 valence electrons. The molecule has 0 aliphatic heterocycles. The molecule has 1 atom stereocenters. The lowest BCUT2D eigenvalue weighted by Crippen LogP contribution is -2.26. The summed E-state index contributed by atoms with van der Waals surface area (Å²) < 4.78 is 5.67. The third-order valence-electron chi connectivity index (χ3n) is 4.49. The van der Waals surface area contributed by atoms with Crippen LogP contribution in [0.15, 0.2) is 48.5 Å². The molecular formula is C23H31NO2. The van der Waals surface area contributed by atoms with E-state index < -0.39 is 0 Å². The van der Waals surface area contributed by atoms with E-state index in [9.17, 15) is 4.79 Å². The van der Waals surface area contributed by atoms with Crippen LogP contribution in [0.5, 0.6) is 5.75 Å². The number of nitrogens with one attached hydrogen (secondary N) is 1. The number of benzene rings is 2. The van der Waals surface area contributed by atoms with Crippen LogP contribution in [0.25, 0.3) is 0 Å². The second-order valence-electron chi connectivity index (χ2n) is 7.93. The van der Waals surface area contributed by atoms with Gasteiger partial charge in [-0.3, -0.25) is 4.79 Å². The van der Waals surface area contributed by atoms with Gasteiger partial charge in [0.2, 0.25) is 5.91 Å². The number of rotatable bonds is 7. The Labute approximate surface area is 157 Å². The zero-order valence-electron chi connectivity index (χ0n) is 16.6. The third kappa shape index (κ3) is 6.21. The molecule has 2 rings (SSSR count). The highest BCUT2D eigenvalue weighted by Crippen LogP contribution is 2.24. The standard InChI is InChI=1S/C23H31NO2/c1-17-8-14-21(15-9-17)26-16-6-7-22(25)24-18(2)19-10-12-20(13-11-19)23(3,4)5/h8-15,18H,6-7,16H2,1-5H3,(H,24,25). The van der Waals surface area contributed by atoms with Crippen molar-refractivity contribution in [3.63, 3.8) is 0 Å². The Morgan fingerprint density at radius 1 is 1.04 bits per heavy atom. The molecule has 0 aromatic heterocycles. The summed E-state index contributed by atoms with van der Waals surface area (Å²) >= 11 is 0. The van der Waals surface area contributed by atoms with Crippen molar-refractivity contribution < 1.29 is 9.53 Å². The predicted octanol–water partition coefficient (Wildman–Crippen LogP) is 5.33. The van der Waals surface area contributed by atoms with Gasteiger partial charge in [0.05, 0.1) is 12.6 Å². The minimum atomic E-state index is 0.00883. The van der Waals surface area contributed by atoms with E-state index in [0.29, 0.717) is 19.4 Å². The maximum Gasteiger partial charge on any atom is 0.220 e. The highest BCUT2D eigenvalue weighted by atomic mass is 16.5. The maximum absolute atomic E-state index is 12.1. The van der Waals surface area contributed by atoms with Crippen molar-refractivity contribution in [3.05, 3.63) is 65.2 Å². The first-order chi connectivity index (χ1) is 12.3. The molecule has 3 nitrogen and oxygen atoms in total. The average molecular weight is 354 g/mol. The fourth-order valence-electron chi connectivity index (χ4n) is 2.73. The Hall–Kier alpha value is -2.29. The van der Waals surface area contributed by atoms with E-state index in [1.54, 1.807) is 0 Å². The zero-order chi connectivity index (χ0) is 19.2. The van der Waals surface area contributed by atoms with Gasteiger partial charge in [0.1, 0.15) is 5.75 Å². The van der Waals surface area contributed by atoms with Crippen LogP contribution < -0.4 is 10.1 Å². The fourth-order valence-corrected chi connectivity index (χ4v) is 2.73. The lowest BCUT2D eigenvalue weighted by molar-refractivity contribution is -0.121. The van der Waals surface area contributed by atoms with Gasteiger partial charge in [-0.15, -0.1) is 0 Å². The van der Waals surface area contributed by atoms with Crippen LogP contribution in [0.4, 0.5) is 0 Å². The molecule has 0 heterocycles. The maximum atomic E-state index is 12.1. The van der Waals surface area contributed by atoms with Crippen LogP contribution in [-0.4, -0.2) is 12.5 Å². The first kappa shape index (κ1) is 20.0. The topological polar surface area (TPSA) is 38.3 Å². The lowest BCUT2D eigenvalue weighted by atomic mass is 9.86. The van der Waals surface area contributed by atoms with E-state index in [0.717, 1.165) is 11.3 Å². The minimum absolute atomic E-state index is 0.00883. The number of carbonyl (C=O) groups excluding carboxylic acids is 1. The Kier molecular flexibility index (Phi) is 6.84.